The van der Waals surface area contributed by atoms with Crippen LogP contribution in [-0.2, 0) is 0 Å². The minimum absolute atomic E-state index is 0.677. The second kappa shape index (κ2) is 5.96. The van der Waals surface area contributed by atoms with Gasteiger partial charge in [0.2, 0.25) is 0 Å². The fraction of sp³-hybridized carbons (Fsp3) is 0.588. The zero-order valence-corrected chi connectivity index (χ0v) is 12.3. The van der Waals surface area contributed by atoms with E-state index < -0.39 is 0 Å². The van der Waals surface area contributed by atoms with Gasteiger partial charge in [-0.3, -0.25) is 9.69 Å². The number of rotatable bonds is 3. The maximum atomic E-state index is 11.3. The molecule has 0 spiro atoms. The lowest BCUT2D eigenvalue weighted by molar-refractivity contribution is 0.112. The van der Waals surface area contributed by atoms with Crippen molar-refractivity contribution in [3.63, 3.8) is 0 Å². The van der Waals surface area contributed by atoms with Gasteiger partial charge in [-0.15, -0.1) is 0 Å². The van der Waals surface area contributed by atoms with Gasteiger partial charge in [-0.05, 0) is 51.4 Å². The fourth-order valence-electron chi connectivity index (χ4n) is 3.60. The Kier molecular flexibility index (Phi) is 4.06. The van der Waals surface area contributed by atoms with E-state index in [1.54, 1.807) is 0 Å². The van der Waals surface area contributed by atoms with E-state index in [1.807, 2.05) is 13.0 Å². The Morgan fingerprint density at radius 3 is 2.70 bits per heavy atom. The second-order valence-corrected chi connectivity index (χ2v) is 6.17. The Bertz CT molecular complexity index is 480. The van der Waals surface area contributed by atoms with Crippen LogP contribution in [0.15, 0.2) is 18.2 Å². The van der Waals surface area contributed by atoms with Crippen LogP contribution in [0.25, 0.3) is 0 Å². The molecule has 2 heterocycles. The summed E-state index contributed by atoms with van der Waals surface area (Å²) in [6, 6.07) is 6.89. The van der Waals surface area contributed by atoms with Gasteiger partial charge in [0.25, 0.3) is 0 Å². The van der Waals surface area contributed by atoms with Crippen molar-refractivity contribution in [2.24, 2.45) is 0 Å². The maximum Gasteiger partial charge on any atom is 0.152 e. The van der Waals surface area contributed by atoms with Crippen LogP contribution >= 0.6 is 0 Å². The first-order valence-corrected chi connectivity index (χ1v) is 7.83. The van der Waals surface area contributed by atoms with Crippen LogP contribution in [0.4, 0.5) is 5.69 Å². The van der Waals surface area contributed by atoms with Crippen molar-refractivity contribution in [3.05, 3.63) is 29.3 Å². The summed E-state index contributed by atoms with van der Waals surface area (Å²) in [4.78, 5) is 16.3. The molecule has 1 aromatic carbocycles. The van der Waals surface area contributed by atoms with E-state index in [0.29, 0.717) is 6.04 Å². The largest absolute Gasteiger partial charge is 0.369 e. The van der Waals surface area contributed by atoms with Gasteiger partial charge in [-0.25, -0.2) is 0 Å². The minimum Gasteiger partial charge on any atom is -0.369 e. The SMILES string of the molecule is Cc1ccc(N2CCC(N3CCCCC3)C2)c(C=O)c1. The molecule has 2 saturated heterocycles. The summed E-state index contributed by atoms with van der Waals surface area (Å²) >= 11 is 0. The van der Waals surface area contributed by atoms with E-state index in [4.69, 9.17) is 0 Å². The first-order chi connectivity index (χ1) is 9.78. The number of hydrogen-bond donors (Lipinski definition) is 0. The van der Waals surface area contributed by atoms with E-state index in [0.717, 1.165) is 36.2 Å². The molecule has 1 atom stereocenters. The van der Waals surface area contributed by atoms with Crippen LogP contribution in [-0.4, -0.2) is 43.4 Å². The molecule has 0 radical (unpaired) electrons. The molecule has 2 fully saturated rings. The molecule has 0 aromatic heterocycles. The molecule has 3 rings (SSSR count). The predicted octanol–water partition coefficient (Wildman–Crippen LogP) is 2.87. The Morgan fingerprint density at radius 1 is 1.15 bits per heavy atom. The zero-order valence-electron chi connectivity index (χ0n) is 12.3. The molecule has 0 bridgehead atoms. The number of piperidine rings is 1. The molecule has 2 aliphatic heterocycles. The molecule has 2 aliphatic rings. The highest BCUT2D eigenvalue weighted by Gasteiger charge is 2.29. The lowest BCUT2D eigenvalue weighted by atomic mass is 10.1. The monoisotopic (exact) mass is 272 g/mol. The highest BCUT2D eigenvalue weighted by molar-refractivity contribution is 5.85. The van der Waals surface area contributed by atoms with E-state index in [2.05, 4.69) is 21.9 Å². The normalized spacial score (nSPS) is 24.1. The molecule has 0 amide bonds. The summed E-state index contributed by atoms with van der Waals surface area (Å²) in [6.07, 6.45) is 6.31. The number of anilines is 1. The minimum atomic E-state index is 0.677. The molecule has 3 heteroatoms. The predicted molar refractivity (Wildman–Crippen MR) is 82.6 cm³/mol. The van der Waals surface area contributed by atoms with Crippen molar-refractivity contribution in [1.29, 1.82) is 0 Å². The first kappa shape index (κ1) is 13.6. The van der Waals surface area contributed by atoms with E-state index in [-0.39, 0.29) is 0 Å². The molecule has 0 aliphatic carbocycles. The Morgan fingerprint density at radius 2 is 1.95 bits per heavy atom. The summed E-state index contributed by atoms with van der Waals surface area (Å²) in [5, 5.41) is 0. The third-order valence-electron chi connectivity index (χ3n) is 4.72. The molecule has 0 saturated carbocycles. The van der Waals surface area contributed by atoms with Gasteiger partial charge in [-0.1, -0.05) is 18.1 Å². The summed E-state index contributed by atoms with van der Waals surface area (Å²) in [5.41, 5.74) is 3.11. The molecule has 1 unspecified atom stereocenters. The molecule has 3 nitrogen and oxygen atoms in total. The summed E-state index contributed by atoms with van der Waals surface area (Å²) in [5.74, 6) is 0. The van der Waals surface area contributed by atoms with Crippen molar-refractivity contribution >= 4 is 12.0 Å². The van der Waals surface area contributed by atoms with Gasteiger partial charge < -0.3 is 4.90 Å². The van der Waals surface area contributed by atoms with E-state index in [1.165, 1.54) is 38.8 Å². The van der Waals surface area contributed by atoms with Crippen LogP contribution in [0.2, 0.25) is 0 Å². The van der Waals surface area contributed by atoms with Crippen molar-refractivity contribution in [2.75, 3.05) is 31.1 Å². The molecule has 0 N–H and O–H groups in total. The smallest absolute Gasteiger partial charge is 0.152 e. The molecular weight excluding hydrogens is 248 g/mol. The van der Waals surface area contributed by atoms with Gasteiger partial charge in [0, 0.05) is 30.4 Å². The van der Waals surface area contributed by atoms with Crippen LogP contribution in [0.3, 0.4) is 0 Å². The van der Waals surface area contributed by atoms with E-state index >= 15 is 0 Å². The number of carbonyl (C=O) groups excluding carboxylic acids is 1. The van der Waals surface area contributed by atoms with Crippen LogP contribution < -0.4 is 4.90 Å². The van der Waals surface area contributed by atoms with Gasteiger partial charge in [-0.2, -0.15) is 0 Å². The Hall–Kier alpha value is -1.35. The molecule has 20 heavy (non-hydrogen) atoms. The first-order valence-electron chi connectivity index (χ1n) is 7.83. The van der Waals surface area contributed by atoms with Crippen molar-refractivity contribution in [2.45, 2.75) is 38.6 Å². The number of nitrogens with zero attached hydrogens (tertiary/aromatic N) is 2. The second-order valence-electron chi connectivity index (χ2n) is 6.17. The molecular formula is C17H24N2O. The quantitative estimate of drug-likeness (QED) is 0.791. The lowest BCUT2D eigenvalue weighted by Crippen LogP contribution is -2.40. The number of benzene rings is 1. The van der Waals surface area contributed by atoms with E-state index in [9.17, 15) is 4.79 Å². The van der Waals surface area contributed by atoms with Gasteiger partial charge in [0.1, 0.15) is 0 Å². The van der Waals surface area contributed by atoms with Gasteiger partial charge >= 0.3 is 0 Å². The highest BCUT2D eigenvalue weighted by atomic mass is 16.1. The number of hydrogen-bond acceptors (Lipinski definition) is 3. The fourth-order valence-corrected chi connectivity index (χ4v) is 3.60. The summed E-state index contributed by atoms with van der Waals surface area (Å²) in [6.45, 7) is 6.70. The number of likely N-dealkylation sites (tertiary alicyclic amines) is 1. The van der Waals surface area contributed by atoms with Crippen LogP contribution in [0, 0.1) is 6.92 Å². The van der Waals surface area contributed by atoms with Crippen molar-refractivity contribution in [3.8, 4) is 0 Å². The number of aldehydes is 1. The third-order valence-corrected chi connectivity index (χ3v) is 4.72. The van der Waals surface area contributed by atoms with Crippen molar-refractivity contribution in [1.82, 2.24) is 4.90 Å². The topological polar surface area (TPSA) is 23.6 Å². The summed E-state index contributed by atoms with van der Waals surface area (Å²) in [7, 11) is 0. The van der Waals surface area contributed by atoms with Gasteiger partial charge in [0.05, 0.1) is 0 Å². The Labute approximate surface area is 121 Å². The molecule has 1 aromatic rings. The average molecular weight is 272 g/mol. The van der Waals surface area contributed by atoms with Crippen molar-refractivity contribution < 1.29 is 4.79 Å². The zero-order chi connectivity index (χ0) is 13.9. The summed E-state index contributed by atoms with van der Waals surface area (Å²) < 4.78 is 0. The lowest BCUT2D eigenvalue weighted by Gasteiger charge is -2.32. The standard InChI is InChI=1S/C17H24N2O/c1-14-5-6-17(15(11-14)13-20)19-10-7-16(12-19)18-8-3-2-4-9-18/h5-6,11,13,16H,2-4,7-10,12H2,1H3. The van der Waals surface area contributed by atoms with Gasteiger partial charge in [0.15, 0.2) is 6.29 Å². The van der Waals surface area contributed by atoms with Crippen LogP contribution in [0.1, 0.15) is 41.6 Å². The van der Waals surface area contributed by atoms with Crippen LogP contribution in [0.5, 0.6) is 0 Å². The molecule has 108 valence electrons. The average Bonchev–Trinajstić information content (AvgIpc) is 2.97. The highest BCUT2D eigenvalue weighted by Crippen LogP contribution is 2.27. The Balaban J connectivity index is 1.71. The third kappa shape index (κ3) is 2.73. The number of aryl methyl sites for hydroxylation is 1. The maximum absolute atomic E-state index is 11.3. The number of carbonyl (C=O) groups is 1.